The van der Waals surface area contributed by atoms with Crippen molar-refractivity contribution in [3.05, 3.63) is 69.0 Å². The van der Waals surface area contributed by atoms with Crippen LogP contribution in [0, 0.1) is 9.39 Å². The molecule has 2 nitrogen and oxygen atoms in total. The van der Waals surface area contributed by atoms with Crippen molar-refractivity contribution < 1.29 is 9.18 Å². The molecule has 1 atom stereocenters. The van der Waals surface area contributed by atoms with Crippen LogP contribution in [-0.2, 0) is 0 Å². The van der Waals surface area contributed by atoms with E-state index in [4.69, 9.17) is 0 Å². The van der Waals surface area contributed by atoms with Crippen molar-refractivity contribution in [2.24, 2.45) is 0 Å². The third-order valence-electron chi connectivity index (χ3n) is 2.81. The van der Waals surface area contributed by atoms with Crippen LogP contribution in [-0.4, -0.2) is 5.91 Å². The van der Waals surface area contributed by atoms with E-state index in [0.717, 1.165) is 9.13 Å². The Morgan fingerprint density at radius 3 is 2.63 bits per heavy atom. The molecule has 0 saturated carbocycles. The average molecular weight is 369 g/mol. The van der Waals surface area contributed by atoms with E-state index in [9.17, 15) is 9.18 Å². The molecular formula is C15H13FINO. The Morgan fingerprint density at radius 2 is 1.95 bits per heavy atom. The zero-order chi connectivity index (χ0) is 13.8. The maximum atomic E-state index is 13.1. The topological polar surface area (TPSA) is 29.1 Å². The molecule has 0 aromatic heterocycles. The van der Waals surface area contributed by atoms with E-state index in [0.29, 0.717) is 5.56 Å². The molecule has 0 bridgehead atoms. The molecule has 2 aromatic carbocycles. The van der Waals surface area contributed by atoms with E-state index in [1.54, 1.807) is 18.2 Å². The summed E-state index contributed by atoms with van der Waals surface area (Å²) in [6, 6.07) is 13.4. The Morgan fingerprint density at radius 1 is 1.21 bits per heavy atom. The highest BCUT2D eigenvalue weighted by Crippen LogP contribution is 2.16. The van der Waals surface area contributed by atoms with Gasteiger partial charge >= 0.3 is 0 Å². The van der Waals surface area contributed by atoms with Crippen molar-refractivity contribution in [2.75, 3.05) is 0 Å². The summed E-state index contributed by atoms with van der Waals surface area (Å²) in [5.41, 5.74) is 1.38. The van der Waals surface area contributed by atoms with Gasteiger partial charge in [0.25, 0.3) is 5.91 Å². The summed E-state index contributed by atoms with van der Waals surface area (Å²) in [5.74, 6) is -0.449. The normalized spacial score (nSPS) is 11.9. The molecule has 0 radical (unpaired) electrons. The molecule has 0 aliphatic rings. The summed E-state index contributed by atoms with van der Waals surface area (Å²) < 4.78 is 14.0. The molecule has 0 saturated heterocycles. The number of hydrogen-bond donors (Lipinski definition) is 1. The zero-order valence-electron chi connectivity index (χ0n) is 10.4. The fourth-order valence-electron chi connectivity index (χ4n) is 1.78. The van der Waals surface area contributed by atoms with Gasteiger partial charge in [-0.15, -0.1) is 0 Å². The summed E-state index contributed by atoms with van der Waals surface area (Å²) >= 11 is 2.12. The Balaban J connectivity index is 2.13. The SMILES string of the molecule is CC(NC(=O)c1ccccc1I)c1cccc(F)c1. The molecule has 1 unspecified atom stereocenters. The molecule has 2 rings (SSSR count). The monoisotopic (exact) mass is 369 g/mol. The van der Waals surface area contributed by atoms with E-state index >= 15 is 0 Å². The molecule has 0 aliphatic heterocycles. The first-order chi connectivity index (χ1) is 9.08. The highest BCUT2D eigenvalue weighted by Gasteiger charge is 2.13. The van der Waals surface area contributed by atoms with Crippen molar-refractivity contribution in [2.45, 2.75) is 13.0 Å². The second kappa shape index (κ2) is 6.14. The van der Waals surface area contributed by atoms with Crippen molar-refractivity contribution in [1.82, 2.24) is 5.32 Å². The molecule has 0 spiro atoms. The predicted molar refractivity (Wildman–Crippen MR) is 81.4 cm³/mol. The first kappa shape index (κ1) is 14.0. The van der Waals surface area contributed by atoms with E-state index in [2.05, 4.69) is 27.9 Å². The number of halogens is 2. The summed E-state index contributed by atoms with van der Waals surface area (Å²) in [6.07, 6.45) is 0. The van der Waals surface area contributed by atoms with Crippen LogP contribution in [0.1, 0.15) is 28.9 Å². The van der Waals surface area contributed by atoms with Gasteiger partial charge in [0, 0.05) is 3.57 Å². The van der Waals surface area contributed by atoms with E-state index in [1.165, 1.54) is 12.1 Å². The van der Waals surface area contributed by atoms with Gasteiger partial charge in [0.05, 0.1) is 11.6 Å². The molecule has 4 heteroatoms. The van der Waals surface area contributed by atoms with Crippen LogP contribution >= 0.6 is 22.6 Å². The molecule has 0 aliphatic carbocycles. The van der Waals surface area contributed by atoms with Crippen molar-refractivity contribution in [3.63, 3.8) is 0 Å². The van der Waals surface area contributed by atoms with Gasteiger partial charge in [-0.25, -0.2) is 4.39 Å². The third-order valence-corrected chi connectivity index (χ3v) is 3.76. The van der Waals surface area contributed by atoms with Gasteiger partial charge in [-0.05, 0) is 59.3 Å². The van der Waals surface area contributed by atoms with Gasteiger partial charge < -0.3 is 5.32 Å². The molecule has 1 N–H and O–H groups in total. The van der Waals surface area contributed by atoms with Gasteiger partial charge in [-0.1, -0.05) is 24.3 Å². The summed E-state index contributed by atoms with van der Waals surface area (Å²) in [7, 11) is 0. The van der Waals surface area contributed by atoms with Crippen molar-refractivity contribution >= 4 is 28.5 Å². The largest absolute Gasteiger partial charge is 0.345 e. The Hall–Kier alpha value is -1.43. The van der Waals surface area contributed by atoms with Crippen molar-refractivity contribution in [3.8, 4) is 0 Å². The Bertz CT molecular complexity index is 600. The number of carbonyl (C=O) groups is 1. The number of rotatable bonds is 3. The quantitative estimate of drug-likeness (QED) is 0.817. The lowest BCUT2D eigenvalue weighted by molar-refractivity contribution is 0.0939. The van der Waals surface area contributed by atoms with Crippen LogP contribution in [0.15, 0.2) is 48.5 Å². The van der Waals surface area contributed by atoms with Crippen LogP contribution in [0.25, 0.3) is 0 Å². The highest BCUT2D eigenvalue weighted by atomic mass is 127. The predicted octanol–water partition coefficient (Wildman–Crippen LogP) is 3.92. The molecule has 0 fully saturated rings. The Labute approximate surface area is 125 Å². The van der Waals surface area contributed by atoms with Gasteiger partial charge in [0.1, 0.15) is 5.82 Å². The van der Waals surface area contributed by atoms with Gasteiger partial charge in [0.15, 0.2) is 0 Å². The number of nitrogens with one attached hydrogen (secondary N) is 1. The first-order valence-electron chi connectivity index (χ1n) is 5.89. The maximum Gasteiger partial charge on any atom is 0.252 e. The number of carbonyl (C=O) groups excluding carboxylic acids is 1. The molecule has 19 heavy (non-hydrogen) atoms. The minimum atomic E-state index is -0.298. The van der Waals surface area contributed by atoms with Gasteiger partial charge in [-0.3, -0.25) is 4.79 Å². The molecule has 98 valence electrons. The summed E-state index contributed by atoms with van der Waals surface area (Å²) in [6.45, 7) is 1.84. The first-order valence-corrected chi connectivity index (χ1v) is 6.96. The minimum Gasteiger partial charge on any atom is -0.345 e. The molecule has 2 aromatic rings. The van der Waals surface area contributed by atoms with E-state index < -0.39 is 0 Å². The van der Waals surface area contributed by atoms with Crippen LogP contribution in [0.4, 0.5) is 4.39 Å². The van der Waals surface area contributed by atoms with Gasteiger partial charge in [0.2, 0.25) is 0 Å². The molecule has 1 amide bonds. The average Bonchev–Trinajstić information content (AvgIpc) is 2.39. The fraction of sp³-hybridized carbons (Fsp3) is 0.133. The lowest BCUT2D eigenvalue weighted by Gasteiger charge is -2.15. The summed E-state index contributed by atoms with van der Waals surface area (Å²) in [4.78, 5) is 12.1. The van der Waals surface area contributed by atoms with E-state index in [-0.39, 0.29) is 17.8 Å². The zero-order valence-corrected chi connectivity index (χ0v) is 12.5. The second-order valence-corrected chi connectivity index (χ2v) is 5.39. The standard InChI is InChI=1S/C15H13FINO/c1-10(11-5-4-6-12(16)9-11)18-15(19)13-7-2-3-8-14(13)17/h2-10H,1H3,(H,18,19). The molecule has 0 heterocycles. The number of benzene rings is 2. The summed E-state index contributed by atoms with van der Waals surface area (Å²) in [5, 5.41) is 2.87. The smallest absolute Gasteiger partial charge is 0.252 e. The third kappa shape index (κ3) is 3.53. The second-order valence-electron chi connectivity index (χ2n) is 4.23. The van der Waals surface area contributed by atoms with Crippen LogP contribution < -0.4 is 5.32 Å². The van der Waals surface area contributed by atoms with Crippen LogP contribution in [0.2, 0.25) is 0 Å². The Kier molecular flexibility index (Phi) is 4.52. The number of amides is 1. The van der Waals surface area contributed by atoms with Crippen LogP contribution in [0.5, 0.6) is 0 Å². The lowest BCUT2D eigenvalue weighted by Crippen LogP contribution is -2.27. The maximum absolute atomic E-state index is 13.1. The van der Waals surface area contributed by atoms with Gasteiger partial charge in [-0.2, -0.15) is 0 Å². The van der Waals surface area contributed by atoms with Crippen LogP contribution in [0.3, 0.4) is 0 Å². The fourth-order valence-corrected chi connectivity index (χ4v) is 2.41. The minimum absolute atomic E-state index is 0.151. The molecular weight excluding hydrogens is 356 g/mol. The number of hydrogen-bond acceptors (Lipinski definition) is 1. The highest BCUT2D eigenvalue weighted by molar-refractivity contribution is 14.1. The van der Waals surface area contributed by atoms with Crippen molar-refractivity contribution in [1.29, 1.82) is 0 Å². The van der Waals surface area contributed by atoms with E-state index in [1.807, 2.05) is 25.1 Å². The lowest BCUT2D eigenvalue weighted by atomic mass is 10.1.